The van der Waals surface area contributed by atoms with Crippen LogP contribution in [0.1, 0.15) is 47.0 Å². The van der Waals surface area contributed by atoms with Crippen molar-refractivity contribution in [1.29, 1.82) is 0 Å². The molecule has 7 heteroatoms. The first-order valence-electron chi connectivity index (χ1n) is 9.32. The van der Waals surface area contributed by atoms with Crippen LogP contribution in [0.25, 0.3) is 0 Å². The average molecular weight is 463 g/mol. The van der Waals surface area contributed by atoms with E-state index in [1.165, 1.54) is 0 Å². The summed E-state index contributed by atoms with van der Waals surface area (Å²) >= 11 is 0. The number of halogens is 1. The van der Waals surface area contributed by atoms with Gasteiger partial charge in [0.05, 0.1) is 19.0 Å². The number of imidazole rings is 1. The van der Waals surface area contributed by atoms with Crippen molar-refractivity contribution in [1.82, 2.24) is 20.2 Å². The molecule has 2 N–H and O–H groups in total. The summed E-state index contributed by atoms with van der Waals surface area (Å²) in [6, 6.07) is 0.426. The topological polar surface area (TPSA) is 63.5 Å². The predicted molar refractivity (Wildman–Crippen MR) is 114 cm³/mol. The zero-order chi connectivity index (χ0) is 17.4. The van der Waals surface area contributed by atoms with Crippen LogP contribution in [0.4, 0.5) is 0 Å². The Morgan fingerprint density at radius 3 is 2.64 bits per heavy atom. The van der Waals surface area contributed by atoms with Gasteiger partial charge in [-0.3, -0.25) is 4.99 Å². The maximum absolute atomic E-state index is 5.97. The van der Waals surface area contributed by atoms with Crippen LogP contribution in [0.5, 0.6) is 0 Å². The lowest BCUT2D eigenvalue weighted by molar-refractivity contribution is -0.133. The molecule has 1 aliphatic rings. The lowest BCUT2D eigenvalue weighted by Crippen LogP contribution is -2.65. The number of rotatable bonds is 9. The molecule has 0 amide bonds. The van der Waals surface area contributed by atoms with Crippen molar-refractivity contribution in [3.8, 4) is 0 Å². The minimum absolute atomic E-state index is 0. The minimum atomic E-state index is 0. The molecule has 0 aliphatic heterocycles. The molecule has 0 aromatic carbocycles. The molecule has 1 heterocycles. The number of nitrogens with zero attached hydrogens (tertiary/aromatic N) is 3. The zero-order valence-corrected chi connectivity index (χ0v) is 18.3. The van der Waals surface area contributed by atoms with E-state index in [-0.39, 0.29) is 29.4 Å². The van der Waals surface area contributed by atoms with Crippen LogP contribution in [0, 0.1) is 5.41 Å². The number of hydrogen-bond donors (Lipinski definition) is 2. The van der Waals surface area contributed by atoms with Gasteiger partial charge < -0.3 is 19.9 Å². The van der Waals surface area contributed by atoms with E-state index in [1.54, 1.807) is 6.20 Å². The average Bonchev–Trinajstić information content (AvgIpc) is 3.08. The predicted octanol–water partition coefficient (Wildman–Crippen LogP) is 3.04. The highest BCUT2D eigenvalue weighted by Crippen LogP contribution is 2.48. The molecular weight excluding hydrogens is 429 g/mol. The summed E-state index contributed by atoms with van der Waals surface area (Å²) in [5.41, 5.74) is 0.219. The van der Waals surface area contributed by atoms with Crippen LogP contribution in [-0.2, 0) is 11.3 Å². The van der Waals surface area contributed by atoms with Crippen LogP contribution in [-0.4, -0.2) is 47.4 Å². The molecule has 0 radical (unpaired) electrons. The number of aliphatic imine (C=N–C) groups is 1. The highest BCUT2D eigenvalue weighted by molar-refractivity contribution is 14.0. The normalized spacial score (nSPS) is 22.0. The van der Waals surface area contributed by atoms with E-state index >= 15 is 0 Å². The maximum Gasteiger partial charge on any atom is 0.191 e. The van der Waals surface area contributed by atoms with Gasteiger partial charge in [0.15, 0.2) is 5.96 Å². The molecule has 0 bridgehead atoms. The Hall–Kier alpha value is -0.830. The SMILES string of the molecule is CCNC(=NCCn1ccnc1)NC1CC(OCC)C1(CC)CC.I. The first-order chi connectivity index (χ1) is 11.7. The molecule has 1 saturated carbocycles. The van der Waals surface area contributed by atoms with E-state index in [0.717, 1.165) is 51.5 Å². The number of nitrogens with one attached hydrogen (secondary N) is 2. The molecular formula is C18H34IN5O. The van der Waals surface area contributed by atoms with E-state index in [4.69, 9.17) is 9.73 Å². The molecule has 2 unspecified atom stereocenters. The quantitative estimate of drug-likeness (QED) is 0.336. The molecule has 1 aliphatic carbocycles. The molecule has 1 fully saturated rings. The first kappa shape index (κ1) is 22.2. The molecule has 144 valence electrons. The second-order valence-corrected chi connectivity index (χ2v) is 6.38. The van der Waals surface area contributed by atoms with Crippen LogP contribution in [0.15, 0.2) is 23.7 Å². The standard InChI is InChI=1S/C18H33N5O.HI/c1-5-18(6-2)15(13-16(18)24-8-4)22-17(20-7-3)21-10-12-23-11-9-19-14-23;/h9,11,14-16H,5-8,10,12-13H2,1-4H3,(H2,20,21,22);1H. The van der Waals surface area contributed by atoms with Crippen LogP contribution >= 0.6 is 24.0 Å². The summed E-state index contributed by atoms with van der Waals surface area (Å²) in [5, 5.41) is 7.02. The van der Waals surface area contributed by atoms with Crippen molar-refractivity contribution < 1.29 is 4.74 Å². The summed E-state index contributed by atoms with van der Waals surface area (Å²) in [6.07, 6.45) is 9.26. The third-order valence-electron chi connectivity index (χ3n) is 5.31. The summed E-state index contributed by atoms with van der Waals surface area (Å²) in [7, 11) is 0. The second kappa shape index (κ2) is 11.0. The molecule has 0 saturated heterocycles. The van der Waals surface area contributed by atoms with Crippen molar-refractivity contribution in [2.75, 3.05) is 19.7 Å². The Morgan fingerprint density at radius 1 is 1.32 bits per heavy atom. The summed E-state index contributed by atoms with van der Waals surface area (Å²) in [4.78, 5) is 8.78. The highest BCUT2D eigenvalue weighted by Gasteiger charge is 2.53. The number of aromatic nitrogens is 2. The second-order valence-electron chi connectivity index (χ2n) is 6.38. The van der Waals surface area contributed by atoms with E-state index in [2.05, 4.69) is 43.3 Å². The maximum atomic E-state index is 5.97. The zero-order valence-electron chi connectivity index (χ0n) is 16.0. The largest absolute Gasteiger partial charge is 0.378 e. The van der Waals surface area contributed by atoms with Gasteiger partial charge in [-0.05, 0) is 33.1 Å². The van der Waals surface area contributed by atoms with Gasteiger partial charge in [0.1, 0.15) is 0 Å². The molecule has 25 heavy (non-hydrogen) atoms. The molecule has 1 aromatic rings. The van der Waals surface area contributed by atoms with E-state index in [1.807, 2.05) is 17.1 Å². The fourth-order valence-corrected chi connectivity index (χ4v) is 3.76. The Balaban J connectivity index is 0.00000312. The number of guanidine groups is 1. The van der Waals surface area contributed by atoms with Crippen molar-refractivity contribution in [3.63, 3.8) is 0 Å². The van der Waals surface area contributed by atoms with Gasteiger partial charge in [-0.1, -0.05) is 13.8 Å². The first-order valence-corrected chi connectivity index (χ1v) is 9.32. The molecule has 1 aromatic heterocycles. The Labute approximate surface area is 169 Å². The highest BCUT2D eigenvalue weighted by atomic mass is 127. The Bertz CT molecular complexity index is 502. The van der Waals surface area contributed by atoms with Crippen molar-refractivity contribution in [3.05, 3.63) is 18.7 Å². The summed E-state index contributed by atoms with van der Waals surface area (Å²) in [5.74, 6) is 0.906. The number of ether oxygens (including phenoxy) is 1. The molecule has 2 atom stereocenters. The van der Waals surface area contributed by atoms with Gasteiger partial charge >= 0.3 is 0 Å². The van der Waals surface area contributed by atoms with Gasteiger partial charge in [-0.2, -0.15) is 0 Å². The third kappa shape index (κ3) is 5.32. The number of hydrogen-bond acceptors (Lipinski definition) is 3. The molecule has 2 rings (SSSR count). The Kier molecular flexibility index (Phi) is 9.78. The van der Waals surface area contributed by atoms with E-state index in [0.29, 0.717) is 12.1 Å². The van der Waals surface area contributed by atoms with Crippen molar-refractivity contribution in [2.24, 2.45) is 10.4 Å². The third-order valence-corrected chi connectivity index (χ3v) is 5.31. The fourth-order valence-electron chi connectivity index (χ4n) is 3.76. The monoisotopic (exact) mass is 463 g/mol. The van der Waals surface area contributed by atoms with Gasteiger partial charge in [0.25, 0.3) is 0 Å². The van der Waals surface area contributed by atoms with Crippen LogP contribution in [0.3, 0.4) is 0 Å². The lowest BCUT2D eigenvalue weighted by Gasteiger charge is -2.55. The summed E-state index contributed by atoms with van der Waals surface area (Å²) < 4.78 is 8.01. The van der Waals surface area contributed by atoms with Crippen molar-refractivity contribution in [2.45, 2.75) is 65.6 Å². The molecule has 0 spiro atoms. The lowest BCUT2D eigenvalue weighted by atomic mass is 9.58. The van der Waals surface area contributed by atoms with Gasteiger partial charge in [-0.25, -0.2) is 4.98 Å². The van der Waals surface area contributed by atoms with E-state index < -0.39 is 0 Å². The van der Waals surface area contributed by atoms with Crippen molar-refractivity contribution >= 4 is 29.9 Å². The van der Waals surface area contributed by atoms with Crippen LogP contribution in [0.2, 0.25) is 0 Å². The smallest absolute Gasteiger partial charge is 0.191 e. The van der Waals surface area contributed by atoms with Crippen LogP contribution < -0.4 is 10.6 Å². The van der Waals surface area contributed by atoms with Gasteiger partial charge in [0, 0.05) is 43.5 Å². The molecule has 6 nitrogen and oxygen atoms in total. The summed E-state index contributed by atoms with van der Waals surface area (Å²) in [6.45, 7) is 12.0. The van der Waals surface area contributed by atoms with E-state index in [9.17, 15) is 0 Å². The van der Waals surface area contributed by atoms with Gasteiger partial charge in [-0.15, -0.1) is 24.0 Å². The fraction of sp³-hybridized carbons (Fsp3) is 0.778. The minimum Gasteiger partial charge on any atom is -0.378 e. The van der Waals surface area contributed by atoms with Gasteiger partial charge in [0.2, 0.25) is 0 Å². The Morgan fingerprint density at radius 2 is 2.08 bits per heavy atom.